The van der Waals surface area contributed by atoms with Crippen LogP contribution in [0.2, 0.25) is 5.02 Å². The summed E-state index contributed by atoms with van der Waals surface area (Å²) in [5, 5.41) is 0.821. The fraction of sp³-hybridized carbons (Fsp3) is 0.200. The monoisotopic (exact) mass is 244 g/mol. The van der Waals surface area contributed by atoms with Crippen molar-refractivity contribution in [1.82, 2.24) is 0 Å². The van der Waals surface area contributed by atoms with Gasteiger partial charge in [-0.2, -0.15) is 0 Å². The first kappa shape index (κ1) is 9.82. The average Bonchev–Trinajstić information content (AvgIpc) is 1.96. The molecule has 0 aromatic heterocycles. The van der Waals surface area contributed by atoms with Crippen molar-refractivity contribution < 1.29 is 0 Å². The minimum absolute atomic E-state index is 0.821. The molecule has 2 heteroatoms. The van der Waals surface area contributed by atoms with Crippen LogP contribution in [-0.4, -0.2) is 0 Å². The Kier molecular flexibility index (Phi) is 3.36. The molecule has 0 saturated carbocycles. The maximum absolute atomic E-state index is 5.95. The molecule has 0 unspecified atom stereocenters. The van der Waals surface area contributed by atoms with Gasteiger partial charge in [0, 0.05) is 11.4 Å². The summed E-state index contributed by atoms with van der Waals surface area (Å²) in [6.45, 7) is 5.77. The van der Waals surface area contributed by atoms with Gasteiger partial charge in [-0.25, -0.2) is 0 Å². The smallest absolute Gasteiger partial charge is 0.0438 e. The van der Waals surface area contributed by atoms with Crippen molar-refractivity contribution in [3.63, 3.8) is 0 Å². The van der Waals surface area contributed by atoms with Gasteiger partial charge in [0.25, 0.3) is 0 Å². The van der Waals surface area contributed by atoms with Gasteiger partial charge in [-0.3, -0.25) is 0 Å². The SMILES string of the molecule is C=C(Br)Cc1ccc(C)c(Cl)c1. The molecule has 1 aromatic rings. The molecule has 12 heavy (non-hydrogen) atoms. The van der Waals surface area contributed by atoms with E-state index in [-0.39, 0.29) is 0 Å². The normalized spacial score (nSPS) is 9.92. The van der Waals surface area contributed by atoms with E-state index in [4.69, 9.17) is 11.6 Å². The zero-order valence-electron chi connectivity index (χ0n) is 6.90. The molecule has 0 nitrogen and oxygen atoms in total. The Labute approximate surface area is 86.4 Å². The van der Waals surface area contributed by atoms with Crippen LogP contribution in [0.4, 0.5) is 0 Å². The molecule has 0 aliphatic carbocycles. The van der Waals surface area contributed by atoms with E-state index in [0.29, 0.717) is 0 Å². The van der Waals surface area contributed by atoms with E-state index >= 15 is 0 Å². The third kappa shape index (κ3) is 2.65. The van der Waals surface area contributed by atoms with Gasteiger partial charge in [0.2, 0.25) is 0 Å². The lowest BCUT2D eigenvalue weighted by Gasteiger charge is -2.02. The number of rotatable bonds is 2. The lowest BCUT2D eigenvalue weighted by molar-refractivity contribution is 1.25. The van der Waals surface area contributed by atoms with Crippen LogP contribution in [0.15, 0.2) is 29.3 Å². The van der Waals surface area contributed by atoms with Crippen molar-refractivity contribution >= 4 is 27.5 Å². The molecule has 0 heterocycles. The predicted molar refractivity (Wildman–Crippen MR) is 58.0 cm³/mol. The second-order valence-electron chi connectivity index (χ2n) is 2.78. The van der Waals surface area contributed by atoms with E-state index in [1.807, 2.05) is 19.1 Å². The highest BCUT2D eigenvalue weighted by atomic mass is 79.9. The highest BCUT2D eigenvalue weighted by Gasteiger charge is 1.98. The van der Waals surface area contributed by atoms with Crippen LogP contribution in [0.5, 0.6) is 0 Å². The van der Waals surface area contributed by atoms with E-state index in [0.717, 1.165) is 21.5 Å². The second-order valence-corrected chi connectivity index (χ2v) is 4.31. The topological polar surface area (TPSA) is 0 Å². The highest BCUT2D eigenvalue weighted by Crippen LogP contribution is 2.19. The molecule has 0 fully saturated rings. The summed E-state index contributed by atoms with van der Waals surface area (Å²) in [7, 11) is 0. The highest BCUT2D eigenvalue weighted by molar-refractivity contribution is 9.11. The first-order valence-corrected chi connectivity index (χ1v) is 4.85. The van der Waals surface area contributed by atoms with Gasteiger partial charge in [0.05, 0.1) is 0 Å². The number of benzene rings is 1. The molecule has 0 bridgehead atoms. The molecule has 0 aliphatic heterocycles. The number of hydrogen-bond acceptors (Lipinski definition) is 0. The van der Waals surface area contributed by atoms with Crippen LogP contribution < -0.4 is 0 Å². The van der Waals surface area contributed by atoms with Gasteiger partial charge in [0.15, 0.2) is 0 Å². The third-order valence-corrected chi connectivity index (χ3v) is 2.32. The van der Waals surface area contributed by atoms with Crippen molar-refractivity contribution in [1.29, 1.82) is 0 Å². The summed E-state index contributed by atoms with van der Waals surface area (Å²) in [5.41, 5.74) is 2.30. The molecular formula is C10H10BrCl. The molecule has 0 aliphatic rings. The molecular weight excluding hydrogens is 235 g/mol. The molecule has 0 radical (unpaired) electrons. The number of allylic oxidation sites excluding steroid dienone is 1. The fourth-order valence-electron chi connectivity index (χ4n) is 0.968. The Balaban J connectivity index is 2.89. The minimum Gasteiger partial charge on any atom is -0.0885 e. The first-order valence-electron chi connectivity index (χ1n) is 3.68. The molecule has 0 saturated heterocycles. The third-order valence-electron chi connectivity index (χ3n) is 1.63. The van der Waals surface area contributed by atoms with Crippen LogP contribution in [0.25, 0.3) is 0 Å². The van der Waals surface area contributed by atoms with Crippen molar-refractivity contribution in [2.24, 2.45) is 0 Å². The van der Waals surface area contributed by atoms with Gasteiger partial charge in [-0.05, 0) is 28.6 Å². The van der Waals surface area contributed by atoms with Crippen LogP contribution in [0.3, 0.4) is 0 Å². The summed E-state index contributed by atoms with van der Waals surface area (Å²) < 4.78 is 0.974. The Morgan fingerprint density at radius 3 is 2.75 bits per heavy atom. The zero-order chi connectivity index (χ0) is 9.14. The Hall–Kier alpha value is -0.270. The first-order chi connectivity index (χ1) is 5.59. The average molecular weight is 246 g/mol. The Bertz CT molecular complexity index is 305. The van der Waals surface area contributed by atoms with Crippen LogP contribution in [0.1, 0.15) is 11.1 Å². The van der Waals surface area contributed by atoms with Crippen molar-refractivity contribution in [3.05, 3.63) is 45.4 Å². The van der Waals surface area contributed by atoms with Crippen LogP contribution in [-0.2, 0) is 6.42 Å². The molecule has 0 amide bonds. The van der Waals surface area contributed by atoms with E-state index in [9.17, 15) is 0 Å². The number of halogens is 2. The van der Waals surface area contributed by atoms with Crippen molar-refractivity contribution in [2.45, 2.75) is 13.3 Å². The number of hydrogen-bond donors (Lipinski definition) is 0. The van der Waals surface area contributed by atoms with Crippen molar-refractivity contribution in [3.8, 4) is 0 Å². The van der Waals surface area contributed by atoms with E-state index in [2.05, 4.69) is 28.6 Å². The minimum atomic E-state index is 0.821. The van der Waals surface area contributed by atoms with E-state index in [1.54, 1.807) is 0 Å². The molecule has 0 N–H and O–H groups in total. The summed E-state index contributed by atoms with van der Waals surface area (Å²) in [5.74, 6) is 0. The quantitative estimate of drug-likeness (QED) is 0.736. The summed E-state index contributed by atoms with van der Waals surface area (Å²) in [6.07, 6.45) is 0.833. The summed E-state index contributed by atoms with van der Waals surface area (Å²) >= 11 is 9.27. The van der Waals surface area contributed by atoms with Crippen LogP contribution >= 0.6 is 27.5 Å². The Morgan fingerprint density at radius 2 is 2.25 bits per heavy atom. The largest absolute Gasteiger partial charge is 0.0885 e. The van der Waals surface area contributed by atoms with Crippen molar-refractivity contribution in [2.75, 3.05) is 0 Å². The molecule has 1 rings (SSSR count). The maximum Gasteiger partial charge on any atom is 0.0438 e. The Morgan fingerprint density at radius 1 is 1.58 bits per heavy atom. The van der Waals surface area contributed by atoms with Gasteiger partial charge in [0.1, 0.15) is 0 Å². The molecule has 1 aromatic carbocycles. The predicted octanol–water partition coefficient (Wildman–Crippen LogP) is 4.10. The van der Waals surface area contributed by atoms with Gasteiger partial charge >= 0.3 is 0 Å². The molecule has 0 atom stereocenters. The van der Waals surface area contributed by atoms with E-state index in [1.165, 1.54) is 5.56 Å². The lowest BCUT2D eigenvalue weighted by atomic mass is 10.1. The molecule has 0 spiro atoms. The summed E-state index contributed by atoms with van der Waals surface area (Å²) in [6, 6.07) is 6.06. The maximum atomic E-state index is 5.95. The lowest BCUT2D eigenvalue weighted by Crippen LogP contribution is -1.84. The zero-order valence-corrected chi connectivity index (χ0v) is 9.24. The second kappa shape index (κ2) is 4.11. The number of aryl methyl sites for hydroxylation is 1. The van der Waals surface area contributed by atoms with Crippen LogP contribution in [0, 0.1) is 6.92 Å². The van der Waals surface area contributed by atoms with Gasteiger partial charge in [-0.15, -0.1) is 0 Å². The standard InChI is InChI=1S/C10H10BrCl/c1-7-3-4-9(5-8(2)11)6-10(7)12/h3-4,6H,2,5H2,1H3. The summed E-state index contributed by atoms with van der Waals surface area (Å²) in [4.78, 5) is 0. The fourth-order valence-corrected chi connectivity index (χ4v) is 1.49. The molecule has 64 valence electrons. The van der Waals surface area contributed by atoms with Gasteiger partial charge < -0.3 is 0 Å². The van der Waals surface area contributed by atoms with E-state index < -0.39 is 0 Å². The van der Waals surface area contributed by atoms with Gasteiger partial charge in [-0.1, -0.05) is 46.2 Å².